The van der Waals surface area contributed by atoms with Gasteiger partial charge in [0.2, 0.25) is 5.91 Å². The SMILES string of the molecule is O=C1CSc2cc3ncc(=O)[nH]c3cc2N1. The molecule has 3 rings (SSSR count). The Morgan fingerprint density at radius 3 is 3.06 bits per heavy atom. The fourth-order valence-electron chi connectivity index (χ4n) is 1.62. The van der Waals surface area contributed by atoms with Gasteiger partial charge >= 0.3 is 0 Å². The van der Waals surface area contributed by atoms with E-state index < -0.39 is 0 Å². The number of carbonyl (C=O) groups is 1. The van der Waals surface area contributed by atoms with Crippen molar-refractivity contribution < 1.29 is 4.79 Å². The maximum absolute atomic E-state index is 11.2. The summed E-state index contributed by atoms with van der Waals surface area (Å²) < 4.78 is 0. The summed E-state index contributed by atoms with van der Waals surface area (Å²) in [6, 6.07) is 3.60. The molecule has 0 atom stereocenters. The van der Waals surface area contributed by atoms with E-state index in [1.165, 1.54) is 18.0 Å². The molecule has 2 aromatic rings. The molecule has 0 saturated heterocycles. The number of nitrogens with one attached hydrogen (secondary N) is 2. The van der Waals surface area contributed by atoms with E-state index in [0.717, 1.165) is 16.1 Å². The van der Waals surface area contributed by atoms with Crippen LogP contribution in [0.2, 0.25) is 0 Å². The van der Waals surface area contributed by atoms with Crippen molar-refractivity contribution in [1.82, 2.24) is 9.97 Å². The van der Waals surface area contributed by atoms with Crippen LogP contribution >= 0.6 is 11.8 Å². The number of hydrogen-bond acceptors (Lipinski definition) is 4. The summed E-state index contributed by atoms with van der Waals surface area (Å²) >= 11 is 1.47. The number of rotatable bonds is 0. The van der Waals surface area contributed by atoms with Crippen molar-refractivity contribution in [3.63, 3.8) is 0 Å². The third-order valence-electron chi connectivity index (χ3n) is 2.31. The van der Waals surface area contributed by atoms with E-state index in [0.29, 0.717) is 11.3 Å². The maximum atomic E-state index is 11.2. The van der Waals surface area contributed by atoms with Crippen molar-refractivity contribution in [2.24, 2.45) is 0 Å². The lowest BCUT2D eigenvalue weighted by Gasteiger charge is -2.16. The molecule has 1 aliphatic heterocycles. The van der Waals surface area contributed by atoms with Crippen LogP contribution in [-0.2, 0) is 4.79 Å². The first-order chi connectivity index (χ1) is 7.72. The van der Waals surface area contributed by atoms with Gasteiger partial charge in [-0.3, -0.25) is 9.59 Å². The molecular weight excluding hydrogens is 226 g/mol. The van der Waals surface area contributed by atoms with Gasteiger partial charge in [-0.05, 0) is 12.1 Å². The third kappa shape index (κ3) is 1.47. The number of aromatic nitrogens is 2. The van der Waals surface area contributed by atoms with Crippen molar-refractivity contribution in [2.45, 2.75) is 4.90 Å². The Labute approximate surface area is 94.3 Å². The van der Waals surface area contributed by atoms with Crippen molar-refractivity contribution in [3.8, 4) is 0 Å². The maximum Gasteiger partial charge on any atom is 0.266 e. The number of fused-ring (bicyclic) bond motifs is 2. The van der Waals surface area contributed by atoms with E-state index in [4.69, 9.17) is 0 Å². The number of H-pyrrole nitrogens is 1. The number of nitrogens with zero attached hydrogens (tertiary/aromatic N) is 1. The standard InChI is InChI=1S/C10H7N3O2S/c14-9-3-11-5-2-8-7(1-6(5)12-9)13-10(15)4-16-8/h1-3H,4H2,(H,12,14)(H,13,15). The minimum absolute atomic E-state index is 0.0249. The van der Waals surface area contributed by atoms with Gasteiger partial charge in [-0.25, -0.2) is 4.98 Å². The second kappa shape index (κ2) is 3.34. The predicted octanol–water partition coefficient (Wildman–Crippen LogP) is 0.967. The smallest absolute Gasteiger partial charge is 0.266 e. The molecular formula is C10H7N3O2S. The highest BCUT2D eigenvalue weighted by atomic mass is 32.2. The van der Waals surface area contributed by atoms with Crippen LogP contribution in [-0.4, -0.2) is 21.6 Å². The van der Waals surface area contributed by atoms with E-state index in [-0.39, 0.29) is 11.5 Å². The van der Waals surface area contributed by atoms with Crippen molar-refractivity contribution in [2.75, 3.05) is 11.1 Å². The Hall–Kier alpha value is -1.82. The molecule has 0 radical (unpaired) electrons. The lowest BCUT2D eigenvalue weighted by molar-refractivity contribution is -0.113. The Morgan fingerprint density at radius 1 is 1.31 bits per heavy atom. The van der Waals surface area contributed by atoms with Gasteiger partial charge in [0.25, 0.3) is 5.56 Å². The first-order valence-electron chi connectivity index (χ1n) is 4.68. The number of carbonyl (C=O) groups excluding carboxylic acids is 1. The largest absolute Gasteiger partial charge is 0.324 e. The summed E-state index contributed by atoms with van der Waals surface area (Å²) in [4.78, 5) is 30.0. The van der Waals surface area contributed by atoms with Gasteiger partial charge in [0.05, 0.1) is 28.7 Å². The molecule has 2 N–H and O–H groups in total. The lowest BCUT2D eigenvalue weighted by atomic mass is 10.2. The predicted molar refractivity (Wildman–Crippen MR) is 61.7 cm³/mol. The highest BCUT2D eigenvalue weighted by Crippen LogP contribution is 2.33. The summed E-state index contributed by atoms with van der Waals surface area (Å²) in [5.41, 5.74) is 1.84. The van der Waals surface area contributed by atoms with E-state index in [9.17, 15) is 9.59 Å². The van der Waals surface area contributed by atoms with Crippen LogP contribution in [0, 0.1) is 0 Å². The molecule has 5 nitrogen and oxygen atoms in total. The van der Waals surface area contributed by atoms with Gasteiger partial charge in [0, 0.05) is 4.90 Å². The topological polar surface area (TPSA) is 74.8 Å². The molecule has 1 aliphatic rings. The normalized spacial score (nSPS) is 14.6. The van der Waals surface area contributed by atoms with Crippen molar-refractivity contribution >= 4 is 34.4 Å². The zero-order valence-corrected chi connectivity index (χ0v) is 8.93. The molecule has 0 aliphatic carbocycles. The molecule has 0 unspecified atom stereocenters. The summed E-state index contributed by atoms with van der Waals surface area (Å²) in [5.74, 6) is 0.394. The molecule has 1 aromatic heterocycles. The first-order valence-corrected chi connectivity index (χ1v) is 5.67. The van der Waals surface area contributed by atoms with Gasteiger partial charge in [-0.1, -0.05) is 0 Å². The third-order valence-corrected chi connectivity index (χ3v) is 3.36. The highest BCUT2D eigenvalue weighted by molar-refractivity contribution is 8.00. The fraction of sp³-hybridized carbons (Fsp3) is 0.100. The average Bonchev–Trinajstić information content (AvgIpc) is 2.26. The number of benzene rings is 1. The Kier molecular flexibility index (Phi) is 1.97. The van der Waals surface area contributed by atoms with E-state index >= 15 is 0 Å². The van der Waals surface area contributed by atoms with Crippen LogP contribution < -0.4 is 10.9 Å². The molecule has 0 fully saturated rings. The zero-order chi connectivity index (χ0) is 11.1. The monoisotopic (exact) mass is 233 g/mol. The number of anilines is 1. The molecule has 0 saturated carbocycles. The minimum atomic E-state index is -0.248. The van der Waals surface area contributed by atoms with E-state index in [1.807, 2.05) is 6.07 Å². The average molecular weight is 233 g/mol. The van der Waals surface area contributed by atoms with Gasteiger partial charge in [-0.2, -0.15) is 0 Å². The molecule has 2 heterocycles. The highest BCUT2D eigenvalue weighted by Gasteiger charge is 2.16. The van der Waals surface area contributed by atoms with Crippen LogP contribution in [0.5, 0.6) is 0 Å². The van der Waals surface area contributed by atoms with Gasteiger partial charge in [0.15, 0.2) is 0 Å². The number of thioether (sulfide) groups is 1. The Balaban J connectivity index is 2.27. The van der Waals surface area contributed by atoms with Crippen LogP contribution in [0.25, 0.3) is 11.0 Å². The van der Waals surface area contributed by atoms with Crippen LogP contribution in [0.4, 0.5) is 5.69 Å². The quantitative estimate of drug-likeness (QED) is 0.711. The second-order valence-electron chi connectivity index (χ2n) is 3.45. The lowest BCUT2D eigenvalue weighted by Crippen LogP contribution is -2.18. The molecule has 0 bridgehead atoms. The van der Waals surface area contributed by atoms with Gasteiger partial charge in [0.1, 0.15) is 0 Å². The molecule has 1 aromatic carbocycles. The Bertz CT molecular complexity index is 650. The summed E-state index contributed by atoms with van der Waals surface area (Å²) in [6.07, 6.45) is 1.25. The minimum Gasteiger partial charge on any atom is -0.324 e. The molecule has 6 heteroatoms. The van der Waals surface area contributed by atoms with Crippen molar-refractivity contribution in [3.05, 3.63) is 28.7 Å². The van der Waals surface area contributed by atoms with E-state index in [1.54, 1.807) is 6.07 Å². The summed E-state index contributed by atoms with van der Waals surface area (Å²) in [5, 5.41) is 2.76. The van der Waals surface area contributed by atoms with Gasteiger partial charge in [-0.15, -0.1) is 11.8 Å². The molecule has 16 heavy (non-hydrogen) atoms. The van der Waals surface area contributed by atoms with E-state index in [2.05, 4.69) is 15.3 Å². The number of aromatic amines is 1. The van der Waals surface area contributed by atoms with Crippen molar-refractivity contribution in [1.29, 1.82) is 0 Å². The molecule has 80 valence electrons. The number of hydrogen-bond donors (Lipinski definition) is 2. The zero-order valence-electron chi connectivity index (χ0n) is 8.11. The summed E-state index contributed by atoms with van der Waals surface area (Å²) in [6.45, 7) is 0. The van der Waals surface area contributed by atoms with Gasteiger partial charge < -0.3 is 10.3 Å². The molecule has 0 spiro atoms. The van der Waals surface area contributed by atoms with Crippen LogP contribution in [0.1, 0.15) is 0 Å². The Morgan fingerprint density at radius 2 is 2.19 bits per heavy atom. The second-order valence-corrected chi connectivity index (χ2v) is 4.47. The molecule has 1 amide bonds. The summed E-state index contributed by atoms with van der Waals surface area (Å²) in [7, 11) is 0. The fourth-order valence-corrected chi connectivity index (χ4v) is 2.44. The first kappa shape index (κ1) is 9.41. The van der Waals surface area contributed by atoms with Crippen LogP contribution in [0.3, 0.4) is 0 Å². The number of amides is 1. The van der Waals surface area contributed by atoms with Crippen LogP contribution in [0.15, 0.2) is 28.0 Å².